The Morgan fingerprint density at radius 2 is 1.84 bits per heavy atom. The zero-order valence-corrected chi connectivity index (χ0v) is 13.6. The average molecular weight is 344 g/mol. The van der Waals surface area contributed by atoms with Crippen molar-refractivity contribution in [3.8, 4) is 28.7 Å². The Morgan fingerprint density at radius 3 is 2.72 bits per heavy atom. The second-order valence-electron chi connectivity index (χ2n) is 5.47. The predicted molar refractivity (Wildman–Crippen MR) is 85.7 cm³/mol. The van der Waals surface area contributed by atoms with Gasteiger partial charge in [0.1, 0.15) is 19.8 Å². The molecule has 2 aliphatic rings. The maximum Gasteiger partial charge on any atom is 0.338 e. The minimum absolute atomic E-state index is 0.117. The van der Waals surface area contributed by atoms with Gasteiger partial charge in [0.15, 0.2) is 23.0 Å². The lowest BCUT2D eigenvalue weighted by molar-refractivity contribution is 0.0470. The number of rotatable bonds is 4. The highest BCUT2D eigenvalue weighted by atomic mass is 16.7. The predicted octanol–water partition coefficient (Wildman–Crippen LogP) is 2.55. The number of methoxy groups -OCH3 is 1. The number of ether oxygens (including phenoxy) is 6. The highest BCUT2D eigenvalue weighted by molar-refractivity contribution is 5.91. The largest absolute Gasteiger partial charge is 0.493 e. The van der Waals surface area contributed by atoms with Crippen LogP contribution in [0.15, 0.2) is 30.3 Å². The minimum Gasteiger partial charge on any atom is -0.493 e. The van der Waals surface area contributed by atoms with E-state index in [4.69, 9.17) is 28.4 Å². The van der Waals surface area contributed by atoms with Gasteiger partial charge in [0.25, 0.3) is 0 Å². The number of hydrogen-bond donors (Lipinski definition) is 0. The summed E-state index contributed by atoms with van der Waals surface area (Å²) in [5, 5.41) is 0. The van der Waals surface area contributed by atoms with Gasteiger partial charge in [-0.2, -0.15) is 0 Å². The van der Waals surface area contributed by atoms with E-state index in [9.17, 15) is 4.79 Å². The number of benzene rings is 2. The molecule has 0 fully saturated rings. The van der Waals surface area contributed by atoms with Crippen molar-refractivity contribution in [2.24, 2.45) is 0 Å². The number of carbonyl (C=O) groups excluding carboxylic acids is 1. The fourth-order valence-corrected chi connectivity index (χ4v) is 2.65. The Labute approximate surface area is 144 Å². The molecule has 0 spiro atoms. The van der Waals surface area contributed by atoms with Gasteiger partial charge in [-0.25, -0.2) is 4.79 Å². The Morgan fingerprint density at radius 1 is 1.00 bits per heavy atom. The van der Waals surface area contributed by atoms with E-state index in [0.29, 0.717) is 47.5 Å². The molecule has 2 aromatic rings. The molecule has 0 saturated carbocycles. The van der Waals surface area contributed by atoms with Crippen LogP contribution in [0, 0.1) is 0 Å². The van der Waals surface area contributed by atoms with Gasteiger partial charge >= 0.3 is 5.97 Å². The SMILES string of the molecule is COc1cc(C(=O)OCc2ccc3c(c2)OCO3)cc2c1OCCO2. The molecule has 0 amide bonds. The summed E-state index contributed by atoms with van der Waals surface area (Å²) < 4.78 is 32.3. The first-order valence-corrected chi connectivity index (χ1v) is 7.78. The van der Waals surface area contributed by atoms with Gasteiger partial charge in [-0.3, -0.25) is 0 Å². The first-order chi connectivity index (χ1) is 12.2. The van der Waals surface area contributed by atoms with Crippen LogP contribution in [-0.2, 0) is 11.3 Å². The standard InChI is InChI=1S/C18H16O7/c1-20-15-7-12(8-16-17(15)22-5-4-21-16)18(19)23-9-11-2-3-13-14(6-11)25-10-24-13/h2-3,6-8H,4-5,9-10H2,1H3. The Bertz CT molecular complexity index is 798. The van der Waals surface area contributed by atoms with Crippen LogP contribution in [0.4, 0.5) is 0 Å². The summed E-state index contributed by atoms with van der Waals surface area (Å²) in [4.78, 5) is 12.4. The van der Waals surface area contributed by atoms with Crippen molar-refractivity contribution in [1.82, 2.24) is 0 Å². The van der Waals surface area contributed by atoms with Crippen LogP contribution in [-0.4, -0.2) is 33.1 Å². The van der Waals surface area contributed by atoms with Crippen molar-refractivity contribution in [3.63, 3.8) is 0 Å². The molecule has 0 saturated heterocycles. The zero-order chi connectivity index (χ0) is 17.2. The summed E-state index contributed by atoms with van der Waals surface area (Å²) in [6.07, 6.45) is 0. The Kier molecular flexibility index (Phi) is 3.97. The van der Waals surface area contributed by atoms with E-state index in [-0.39, 0.29) is 13.4 Å². The summed E-state index contributed by atoms with van der Waals surface area (Å²) in [7, 11) is 1.51. The summed E-state index contributed by atoms with van der Waals surface area (Å²) in [6.45, 7) is 1.19. The second-order valence-corrected chi connectivity index (χ2v) is 5.47. The van der Waals surface area contributed by atoms with Gasteiger partial charge in [0, 0.05) is 0 Å². The molecular weight excluding hydrogens is 328 g/mol. The van der Waals surface area contributed by atoms with Gasteiger partial charge in [0.2, 0.25) is 12.5 Å². The maximum absolute atomic E-state index is 12.4. The molecule has 0 aliphatic carbocycles. The normalized spacial score (nSPS) is 14.1. The van der Waals surface area contributed by atoms with Crippen LogP contribution in [0.25, 0.3) is 0 Å². The smallest absolute Gasteiger partial charge is 0.338 e. The van der Waals surface area contributed by atoms with Crippen LogP contribution < -0.4 is 23.7 Å². The van der Waals surface area contributed by atoms with E-state index in [1.54, 1.807) is 24.3 Å². The number of carbonyl (C=O) groups is 1. The van der Waals surface area contributed by atoms with Crippen molar-refractivity contribution in [3.05, 3.63) is 41.5 Å². The highest BCUT2D eigenvalue weighted by Gasteiger charge is 2.22. The van der Waals surface area contributed by atoms with Crippen molar-refractivity contribution in [2.45, 2.75) is 6.61 Å². The monoisotopic (exact) mass is 344 g/mol. The van der Waals surface area contributed by atoms with Gasteiger partial charge in [0.05, 0.1) is 12.7 Å². The molecule has 2 aliphatic heterocycles. The first kappa shape index (κ1) is 15.4. The van der Waals surface area contributed by atoms with E-state index >= 15 is 0 Å². The molecule has 0 radical (unpaired) electrons. The Hall–Kier alpha value is -3.09. The summed E-state index contributed by atoms with van der Waals surface area (Å²) in [5.41, 5.74) is 1.14. The van der Waals surface area contributed by atoms with Crippen molar-refractivity contribution in [1.29, 1.82) is 0 Å². The topological polar surface area (TPSA) is 72.5 Å². The molecule has 0 atom stereocenters. The fraction of sp³-hybridized carbons (Fsp3) is 0.278. The van der Waals surface area contributed by atoms with Crippen molar-refractivity contribution < 1.29 is 33.2 Å². The van der Waals surface area contributed by atoms with Gasteiger partial charge in [-0.15, -0.1) is 0 Å². The third-order valence-corrected chi connectivity index (χ3v) is 3.87. The molecule has 7 heteroatoms. The van der Waals surface area contributed by atoms with Crippen LogP contribution in [0.2, 0.25) is 0 Å². The average Bonchev–Trinajstić information content (AvgIpc) is 3.13. The molecule has 0 bridgehead atoms. The van der Waals surface area contributed by atoms with Crippen LogP contribution in [0.5, 0.6) is 28.7 Å². The van der Waals surface area contributed by atoms with E-state index in [0.717, 1.165) is 5.56 Å². The van der Waals surface area contributed by atoms with Gasteiger partial charge in [-0.1, -0.05) is 6.07 Å². The van der Waals surface area contributed by atoms with E-state index in [1.165, 1.54) is 7.11 Å². The van der Waals surface area contributed by atoms with Crippen LogP contribution >= 0.6 is 0 Å². The Balaban J connectivity index is 1.49. The third kappa shape index (κ3) is 3.00. The molecule has 0 aromatic heterocycles. The van der Waals surface area contributed by atoms with Crippen molar-refractivity contribution in [2.75, 3.05) is 27.1 Å². The second kappa shape index (κ2) is 6.43. The molecule has 25 heavy (non-hydrogen) atoms. The summed E-state index contributed by atoms with van der Waals surface area (Å²) >= 11 is 0. The van der Waals surface area contributed by atoms with Crippen LogP contribution in [0.1, 0.15) is 15.9 Å². The first-order valence-electron chi connectivity index (χ1n) is 7.78. The zero-order valence-electron chi connectivity index (χ0n) is 13.6. The van der Waals surface area contributed by atoms with Crippen molar-refractivity contribution >= 4 is 5.97 Å². The summed E-state index contributed by atoms with van der Waals surface area (Å²) in [6, 6.07) is 8.58. The minimum atomic E-state index is -0.479. The number of hydrogen-bond acceptors (Lipinski definition) is 7. The molecule has 4 rings (SSSR count). The lowest BCUT2D eigenvalue weighted by Crippen LogP contribution is -2.17. The lowest BCUT2D eigenvalue weighted by Gasteiger charge is -2.21. The van der Waals surface area contributed by atoms with Gasteiger partial charge in [-0.05, 0) is 29.8 Å². The van der Waals surface area contributed by atoms with E-state index < -0.39 is 5.97 Å². The molecule has 7 nitrogen and oxygen atoms in total. The molecule has 130 valence electrons. The molecule has 2 aromatic carbocycles. The molecular formula is C18H16O7. The number of fused-ring (bicyclic) bond motifs is 2. The van der Waals surface area contributed by atoms with Gasteiger partial charge < -0.3 is 28.4 Å². The molecule has 2 heterocycles. The molecule has 0 unspecified atom stereocenters. The van der Waals surface area contributed by atoms with E-state index in [1.807, 2.05) is 6.07 Å². The number of esters is 1. The maximum atomic E-state index is 12.4. The highest BCUT2D eigenvalue weighted by Crippen LogP contribution is 2.40. The summed E-state index contributed by atoms with van der Waals surface area (Å²) in [5.74, 6) is 2.27. The quantitative estimate of drug-likeness (QED) is 0.789. The molecule has 0 N–H and O–H groups in total. The van der Waals surface area contributed by atoms with Crippen LogP contribution in [0.3, 0.4) is 0 Å². The van der Waals surface area contributed by atoms with E-state index in [2.05, 4.69) is 0 Å². The lowest BCUT2D eigenvalue weighted by atomic mass is 10.1. The fourth-order valence-electron chi connectivity index (χ4n) is 2.65. The third-order valence-electron chi connectivity index (χ3n) is 3.87.